The van der Waals surface area contributed by atoms with E-state index < -0.39 is 17.9 Å². The van der Waals surface area contributed by atoms with Crippen molar-refractivity contribution in [3.63, 3.8) is 0 Å². The van der Waals surface area contributed by atoms with Gasteiger partial charge in [0.05, 0.1) is 10.0 Å². The van der Waals surface area contributed by atoms with Crippen LogP contribution in [0.4, 0.5) is 8.78 Å². The van der Waals surface area contributed by atoms with Crippen LogP contribution in [0.25, 0.3) is 11.1 Å². The summed E-state index contributed by atoms with van der Waals surface area (Å²) in [6.45, 7) is 0. The molecule has 0 radical (unpaired) electrons. The SMILES string of the molecule is Fc1cc(C2Oc3cccc(-c4ccc(F)c(Cl)c4)c3O2)ccc1Cl. The summed E-state index contributed by atoms with van der Waals surface area (Å²) in [5.74, 6) is -0.0404. The molecule has 0 aromatic heterocycles. The number of rotatable bonds is 2. The van der Waals surface area contributed by atoms with Crippen molar-refractivity contribution in [3.8, 4) is 22.6 Å². The highest BCUT2D eigenvalue weighted by atomic mass is 35.5. The molecule has 0 N–H and O–H groups in total. The molecule has 1 unspecified atom stereocenters. The van der Waals surface area contributed by atoms with E-state index in [9.17, 15) is 8.78 Å². The second-order valence-electron chi connectivity index (χ2n) is 5.50. The lowest BCUT2D eigenvalue weighted by atomic mass is 10.0. The van der Waals surface area contributed by atoms with Gasteiger partial charge in [0.15, 0.2) is 11.5 Å². The van der Waals surface area contributed by atoms with Crippen molar-refractivity contribution in [2.75, 3.05) is 0 Å². The minimum Gasteiger partial charge on any atom is -0.447 e. The molecule has 126 valence electrons. The van der Waals surface area contributed by atoms with Crippen LogP contribution in [0.5, 0.6) is 11.5 Å². The zero-order valence-electron chi connectivity index (χ0n) is 12.6. The number of hydrogen-bond acceptors (Lipinski definition) is 2. The minimum absolute atomic E-state index is 0.0188. The molecule has 0 bridgehead atoms. The Bertz CT molecular complexity index is 976. The molecule has 0 spiro atoms. The van der Waals surface area contributed by atoms with Crippen LogP contribution in [0.1, 0.15) is 11.9 Å². The number of fused-ring (bicyclic) bond motifs is 1. The predicted octanol–water partition coefficient (Wildman–Crippen LogP) is 6.41. The summed E-state index contributed by atoms with van der Waals surface area (Å²) in [7, 11) is 0. The molecule has 2 nitrogen and oxygen atoms in total. The fourth-order valence-corrected chi connectivity index (χ4v) is 2.96. The number of halogens is 4. The topological polar surface area (TPSA) is 18.5 Å². The van der Waals surface area contributed by atoms with E-state index in [4.69, 9.17) is 32.7 Å². The second kappa shape index (κ2) is 6.21. The van der Waals surface area contributed by atoms with Crippen molar-refractivity contribution < 1.29 is 18.3 Å². The van der Waals surface area contributed by atoms with E-state index in [0.717, 1.165) is 0 Å². The van der Waals surface area contributed by atoms with Gasteiger partial charge in [-0.2, -0.15) is 0 Å². The van der Waals surface area contributed by atoms with Crippen molar-refractivity contribution >= 4 is 23.2 Å². The molecule has 1 heterocycles. The summed E-state index contributed by atoms with van der Waals surface area (Å²) in [5.41, 5.74) is 1.90. The molecule has 1 atom stereocenters. The van der Waals surface area contributed by atoms with E-state index in [0.29, 0.717) is 28.2 Å². The van der Waals surface area contributed by atoms with Gasteiger partial charge in [0.1, 0.15) is 11.6 Å². The largest absolute Gasteiger partial charge is 0.447 e. The van der Waals surface area contributed by atoms with Crippen molar-refractivity contribution in [1.29, 1.82) is 0 Å². The van der Waals surface area contributed by atoms with Crippen molar-refractivity contribution in [3.05, 3.63) is 81.8 Å². The van der Waals surface area contributed by atoms with Crippen molar-refractivity contribution in [1.82, 2.24) is 0 Å². The lowest BCUT2D eigenvalue weighted by molar-refractivity contribution is 0.0487. The molecule has 3 aromatic carbocycles. The smallest absolute Gasteiger partial charge is 0.268 e. The lowest BCUT2D eigenvalue weighted by Crippen LogP contribution is -2.08. The van der Waals surface area contributed by atoms with Gasteiger partial charge >= 0.3 is 0 Å². The van der Waals surface area contributed by atoms with Crippen molar-refractivity contribution in [2.24, 2.45) is 0 Å². The van der Waals surface area contributed by atoms with Gasteiger partial charge in [-0.25, -0.2) is 8.78 Å². The third-order valence-corrected chi connectivity index (χ3v) is 4.48. The van der Waals surface area contributed by atoms with Crippen LogP contribution in [-0.2, 0) is 0 Å². The van der Waals surface area contributed by atoms with E-state index in [1.54, 1.807) is 24.3 Å². The first kappa shape index (κ1) is 16.2. The van der Waals surface area contributed by atoms with E-state index in [-0.39, 0.29) is 10.0 Å². The third kappa shape index (κ3) is 2.92. The van der Waals surface area contributed by atoms with E-state index in [1.807, 2.05) is 6.07 Å². The van der Waals surface area contributed by atoms with Crippen molar-refractivity contribution in [2.45, 2.75) is 6.29 Å². The predicted molar refractivity (Wildman–Crippen MR) is 92.3 cm³/mol. The van der Waals surface area contributed by atoms with Crippen LogP contribution in [0.15, 0.2) is 54.6 Å². The molecular weight excluding hydrogens is 369 g/mol. The fourth-order valence-electron chi connectivity index (χ4n) is 2.66. The van der Waals surface area contributed by atoms with Gasteiger partial charge in [0, 0.05) is 11.1 Å². The Balaban J connectivity index is 1.72. The van der Waals surface area contributed by atoms with Crippen LogP contribution in [0.2, 0.25) is 10.0 Å². The highest BCUT2D eigenvalue weighted by Gasteiger charge is 2.29. The monoisotopic (exact) mass is 378 g/mol. The van der Waals surface area contributed by atoms with Gasteiger partial charge < -0.3 is 9.47 Å². The van der Waals surface area contributed by atoms with Crippen LogP contribution in [-0.4, -0.2) is 0 Å². The molecule has 0 saturated heterocycles. The Kier molecular flexibility index (Phi) is 4.02. The minimum atomic E-state index is -0.793. The Hall–Kier alpha value is -2.30. The molecule has 1 aliphatic heterocycles. The zero-order valence-corrected chi connectivity index (χ0v) is 14.1. The van der Waals surface area contributed by atoms with Gasteiger partial charge in [-0.3, -0.25) is 0 Å². The Labute approximate surface area is 152 Å². The Morgan fingerprint density at radius 2 is 1.64 bits per heavy atom. The number of benzene rings is 3. The average Bonchev–Trinajstić information content (AvgIpc) is 3.04. The third-order valence-electron chi connectivity index (χ3n) is 3.88. The van der Waals surface area contributed by atoms with Gasteiger partial charge in [0.25, 0.3) is 6.29 Å². The van der Waals surface area contributed by atoms with Crippen LogP contribution >= 0.6 is 23.2 Å². The zero-order chi connectivity index (χ0) is 17.6. The summed E-state index contributed by atoms with van der Waals surface area (Å²) in [4.78, 5) is 0. The molecule has 0 saturated carbocycles. The van der Waals surface area contributed by atoms with Gasteiger partial charge in [-0.05, 0) is 42.0 Å². The van der Waals surface area contributed by atoms with E-state index in [1.165, 1.54) is 24.3 Å². The van der Waals surface area contributed by atoms with Crippen LogP contribution in [0.3, 0.4) is 0 Å². The Morgan fingerprint density at radius 3 is 2.40 bits per heavy atom. The molecule has 0 aliphatic carbocycles. The fraction of sp³-hybridized carbons (Fsp3) is 0.0526. The average molecular weight is 379 g/mol. The first-order valence-corrected chi connectivity index (χ1v) is 8.15. The molecular formula is C19H10Cl2F2O2. The maximum atomic E-state index is 13.7. The normalized spacial score (nSPS) is 15.4. The van der Waals surface area contributed by atoms with Gasteiger partial charge in [-0.15, -0.1) is 0 Å². The maximum absolute atomic E-state index is 13.7. The van der Waals surface area contributed by atoms with E-state index in [2.05, 4.69) is 0 Å². The molecule has 3 aromatic rings. The quantitative estimate of drug-likeness (QED) is 0.512. The molecule has 25 heavy (non-hydrogen) atoms. The number of hydrogen-bond donors (Lipinski definition) is 0. The summed E-state index contributed by atoms with van der Waals surface area (Å²) in [6, 6.07) is 14.1. The number of ether oxygens (including phenoxy) is 2. The van der Waals surface area contributed by atoms with Gasteiger partial charge in [0.2, 0.25) is 0 Å². The molecule has 1 aliphatic rings. The van der Waals surface area contributed by atoms with Crippen LogP contribution < -0.4 is 9.47 Å². The summed E-state index contributed by atoms with van der Waals surface area (Å²) >= 11 is 11.6. The summed E-state index contributed by atoms with van der Waals surface area (Å²) in [6.07, 6.45) is -0.793. The highest BCUT2D eigenvalue weighted by Crippen LogP contribution is 2.47. The summed E-state index contributed by atoms with van der Waals surface area (Å²) in [5, 5.41) is 0.0474. The molecule has 0 fully saturated rings. The second-order valence-corrected chi connectivity index (χ2v) is 6.32. The lowest BCUT2D eigenvalue weighted by Gasteiger charge is -2.11. The van der Waals surface area contributed by atoms with Gasteiger partial charge in [-0.1, -0.05) is 41.4 Å². The standard InChI is InChI=1S/C19H10Cl2F2O2/c20-13-6-4-11(9-16(13)23)19-24-17-3-1-2-12(18(17)25-19)10-5-7-15(22)14(21)8-10/h1-9,19H. The highest BCUT2D eigenvalue weighted by molar-refractivity contribution is 6.31. The van der Waals surface area contributed by atoms with E-state index >= 15 is 0 Å². The molecule has 6 heteroatoms. The first-order valence-electron chi connectivity index (χ1n) is 7.39. The Morgan fingerprint density at radius 1 is 0.800 bits per heavy atom. The molecule has 4 rings (SSSR count). The van der Waals surface area contributed by atoms with Crippen LogP contribution in [0, 0.1) is 11.6 Å². The summed E-state index contributed by atoms with van der Waals surface area (Å²) < 4.78 is 38.7. The first-order chi connectivity index (χ1) is 12.0. The molecule has 0 amide bonds. The number of para-hydroxylation sites is 1. The maximum Gasteiger partial charge on any atom is 0.268 e.